The molecule has 14 nitrogen and oxygen atoms in total. The van der Waals surface area contributed by atoms with Gasteiger partial charge >= 0.3 is 0 Å². The Hall–Kier alpha value is -7.61. The van der Waals surface area contributed by atoms with Crippen molar-refractivity contribution in [1.29, 1.82) is 0 Å². The molecule has 0 bridgehead atoms. The second kappa shape index (κ2) is 13.1. The highest BCUT2D eigenvalue weighted by atomic mass is 16.1. The van der Waals surface area contributed by atoms with Crippen LogP contribution in [0.1, 0.15) is 25.8 Å². The number of fused-ring (bicyclic) bond motifs is 4. The summed E-state index contributed by atoms with van der Waals surface area (Å²) in [5.74, 6) is 0.799. The lowest BCUT2D eigenvalue weighted by atomic mass is 10.1. The third kappa shape index (κ3) is 5.80. The molecule has 1 amide bonds. The minimum Gasteiger partial charge on any atom is -0.352 e. The largest absolute Gasteiger partial charge is 0.352 e. The van der Waals surface area contributed by atoms with Gasteiger partial charge in [0.15, 0.2) is 5.82 Å². The predicted molar refractivity (Wildman–Crippen MR) is 216 cm³/mol. The molecule has 10 rings (SSSR count). The van der Waals surface area contributed by atoms with Crippen LogP contribution in [0.25, 0.3) is 95.0 Å². The van der Waals surface area contributed by atoms with Crippen LogP contribution >= 0.6 is 0 Å². The lowest BCUT2D eigenvalue weighted by Gasteiger charge is -2.08. The monoisotopic (exact) mass is 735 g/mol. The van der Waals surface area contributed by atoms with Gasteiger partial charge in [-0.2, -0.15) is 10.2 Å². The van der Waals surface area contributed by atoms with Crippen LogP contribution in [0.15, 0.2) is 104 Å². The Morgan fingerprint density at radius 1 is 0.768 bits per heavy atom. The zero-order valence-electron chi connectivity index (χ0n) is 30.5. The molecule has 0 fully saturated rings. The maximum Gasteiger partial charge on any atom is 0.224 e. The highest BCUT2D eigenvalue weighted by Crippen LogP contribution is 2.35. The molecule has 0 atom stereocenters. The molecule has 0 radical (unpaired) electrons. The number of pyridine rings is 6. The van der Waals surface area contributed by atoms with Crippen molar-refractivity contribution in [3.8, 4) is 51.1 Å². The van der Waals surface area contributed by atoms with Crippen LogP contribution in [0.2, 0.25) is 0 Å². The molecule has 0 aromatic carbocycles. The van der Waals surface area contributed by atoms with Gasteiger partial charge < -0.3 is 15.3 Å². The molecule has 0 saturated heterocycles. The predicted octanol–water partition coefficient (Wildman–Crippen LogP) is 8.20. The van der Waals surface area contributed by atoms with Crippen LogP contribution in [-0.2, 0) is 4.79 Å². The lowest BCUT2D eigenvalue weighted by molar-refractivity contribution is -0.116. The summed E-state index contributed by atoms with van der Waals surface area (Å²) in [6, 6.07) is 19.7. The number of aromatic amines is 3. The minimum atomic E-state index is -0.0580. The number of nitrogens with one attached hydrogen (secondary N) is 4. The maximum atomic E-state index is 12.5. The second-order valence-corrected chi connectivity index (χ2v) is 14.2. The molecule has 0 aliphatic heterocycles. The fraction of sp³-hybridized carbons (Fsp3) is 0.119. The summed E-state index contributed by atoms with van der Waals surface area (Å²) < 4.78 is 1.81. The van der Waals surface area contributed by atoms with Crippen molar-refractivity contribution in [1.82, 2.24) is 59.8 Å². The number of aryl methyl sites for hydroxylation is 1. The van der Waals surface area contributed by atoms with Crippen molar-refractivity contribution in [2.75, 3.05) is 5.32 Å². The first-order valence-corrected chi connectivity index (χ1v) is 18.2. The van der Waals surface area contributed by atoms with E-state index in [1.54, 1.807) is 37.2 Å². The first kappa shape index (κ1) is 33.0. The molecular formula is C42H33N13O. The van der Waals surface area contributed by atoms with E-state index in [2.05, 4.69) is 45.4 Å². The lowest BCUT2D eigenvalue weighted by Crippen LogP contribution is -2.14. The molecule has 0 aliphatic carbocycles. The summed E-state index contributed by atoms with van der Waals surface area (Å²) >= 11 is 0. The summed E-state index contributed by atoms with van der Waals surface area (Å²) in [5, 5.41) is 17.7. The zero-order chi connectivity index (χ0) is 37.9. The standard InChI is InChI=1S/C42H33N13O/c1-22(2)11-40(56)48-25-12-24(17-44-18-25)31-14-27-38(21-47-31)55(54-42(27)36-15-33-29(49-36)5-4-9-45-33)39-7-6-30-34(51-39)16-35(50-30)41-26-13-32(46-20-37(26)52-53-41)28-19-43-10-8-23(28)3/h4-10,12-22,49-50H,11H2,1-3H3,(H,48,56)(H,52,53). The van der Waals surface area contributed by atoms with Crippen molar-refractivity contribution < 1.29 is 4.79 Å². The van der Waals surface area contributed by atoms with Gasteiger partial charge in [-0.3, -0.25) is 34.8 Å². The summed E-state index contributed by atoms with van der Waals surface area (Å²) in [7, 11) is 0. The average Bonchev–Trinajstić information content (AvgIpc) is 4.00. The van der Waals surface area contributed by atoms with Gasteiger partial charge in [0.2, 0.25) is 5.91 Å². The van der Waals surface area contributed by atoms with E-state index in [4.69, 9.17) is 15.1 Å². The molecule has 272 valence electrons. The van der Waals surface area contributed by atoms with Gasteiger partial charge in [-0.1, -0.05) is 13.8 Å². The van der Waals surface area contributed by atoms with E-state index >= 15 is 0 Å². The second-order valence-electron chi connectivity index (χ2n) is 14.2. The van der Waals surface area contributed by atoms with Crippen molar-refractivity contribution in [2.24, 2.45) is 5.92 Å². The van der Waals surface area contributed by atoms with E-state index in [0.717, 1.165) is 83.3 Å². The summed E-state index contributed by atoms with van der Waals surface area (Å²) in [4.78, 5) is 47.4. The van der Waals surface area contributed by atoms with Crippen molar-refractivity contribution in [3.05, 3.63) is 110 Å². The van der Waals surface area contributed by atoms with Crippen LogP contribution < -0.4 is 5.32 Å². The number of carbonyl (C=O) groups is 1. The third-order valence-corrected chi connectivity index (χ3v) is 9.82. The summed E-state index contributed by atoms with van der Waals surface area (Å²) in [5.41, 5.74) is 12.9. The fourth-order valence-corrected chi connectivity index (χ4v) is 7.11. The van der Waals surface area contributed by atoms with E-state index in [0.29, 0.717) is 29.3 Å². The number of aromatic nitrogens is 12. The van der Waals surface area contributed by atoms with Crippen LogP contribution in [0.3, 0.4) is 0 Å². The number of nitrogens with zero attached hydrogens (tertiary/aromatic N) is 9. The first-order chi connectivity index (χ1) is 27.3. The number of anilines is 1. The number of hydrogen-bond donors (Lipinski definition) is 4. The molecule has 4 N–H and O–H groups in total. The summed E-state index contributed by atoms with van der Waals surface area (Å²) in [6.07, 6.45) is 12.8. The highest BCUT2D eigenvalue weighted by molar-refractivity contribution is 5.99. The molecule has 0 aliphatic rings. The van der Waals surface area contributed by atoms with Crippen LogP contribution in [-0.4, -0.2) is 65.8 Å². The topological polar surface area (TPSA) is 185 Å². The molecule has 0 unspecified atom stereocenters. The van der Waals surface area contributed by atoms with Crippen molar-refractivity contribution >= 4 is 55.5 Å². The zero-order valence-corrected chi connectivity index (χ0v) is 30.5. The fourth-order valence-electron chi connectivity index (χ4n) is 7.11. The Kier molecular flexibility index (Phi) is 7.69. The van der Waals surface area contributed by atoms with E-state index < -0.39 is 0 Å². The minimum absolute atomic E-state index is 0.0580. The Bertz CT molecular complexity index is 3100. The van der Waals surface area contributed by atoms with Gasteiger partial charge in [-0.15, -0.1) is 0 Å². The van der Waals surface area contributed by atoms with Crippen molar-refractivity contribution in [3.63, 3.8) is 0 Å². The van der Waals surface area contributed by atoms with E-state index in [-0.39, 0.29) is 11.8 Å². The number of carbonyl (C=O) groups excluding carboxylic acids is 1. The number of hydrogen-bond acceptors (Lipinski definition) is 9. The molecule has 56 heavy (non-hydrogen) atoms. The Balaban J connectivity index is 1.06. The average molecular weight is 736 g/mol. The quantitative estimate of drug-likeness (QED) is 0.119. The molecule has 10 heterocycles. The molecular weight excluding hydrogens is 703 g/mol. The van der Waals surface area contributed by atoms with Gasteiger partial charge in [0.25, 0.3) is 0 Å². The van der Waals surface area contributed by atoms with Gasteiger partial charge in [0.05, 0.1) is 80.2 Å². The Morgan fingerprint density at radius 2 is 1.59 bits per heavy atom. The van der Waals surface area contributed by atoms with Gasteiger partial charge in [0, 0.05) is 53.1 Å². The molecule has 0 spiro atoms. The van der Waals surface area contributed by atoms with Gasteiger partial charge in [-0.05, 0) is 79.1 Å². The highest BCUT2D eigenvalue weighted by Gasteiger charge is 2.20. The first-order valence-electron chi connectivity index (χ1n) is 18.2. The number of rotatable bonds is 8. The Morgan fingerprint density at radius 3 is 2.45 bits per heavy atom. The van der Waals surface area contributed by atoms with Crippen LogP contribution in [0, 0.1) is 12.8 Å². The summed E-state index contributed by atoms with van der Waals surface area (Å²) in [6.45, 7) is 6.07. The molecule has 0 saturated carbocycles. The van der Waals surface area contributed by atoms with Gasteiger partial charge in [0.1, 0.15) is 11.4 Å². The van der Waals surface area contributed by atoms with Crippen LogP contribution in [0.5, 0.6) is 0 Å². The SMILES string of the molecule is Cc1ccncc1-c1cc2c(-c3cc4nc(-n5nc(-c6cc7ncccc7[nH]6)c6cc(-c7cncc(NC(=O)CC(C)C)c7)ncc65)ccc4[nH]3)n[nH]c2cn1. The van der Waals surface area contributed by atoms with E-state index in [9.17, 15) is 4.79 Å². The van der Waals surface area contributed by atoms with Crippen LogP contribution in [0.4, 0.5) is 5.69 Å². The van der Waals surface area contributed by atoms with E-state index in [1.807, 2.05) is 92.3 Å². The number of H-pyrrole nitrogens is 3. The molecule has 14 heteroatoms. The molecule has 10 aromatic heterocycles. The Labute approximate surface area is 318 Å². The molecule has 10 aromatic rings. The number of amides is 1. The normalized spacial score (nSPS) is 11.8. The van der Waals surface area contributed by atoms with Crippen molar-refractivity contribution in [2.45, 2.75) is 27.2 Å². The van der Waals surface area contributed by atoms with Gasteiger partial charge in [-0.25, -0.2) is 9.67 Å². The smallest absolute Gasteiger partial charge is 0.224 e. The van der Waals surface area contributed by atoms with E-state index in [1.165, 1.54) is 0 Å². The maximum absolute atomic E-state index is 12.5. The third-order valence-electron chi connectivity index (χ3n) is 9.82.